The first kappa shape index (κ1) is 15.7. The van der Waals surface area contributed by atoms with Gasteiger partial charge in [0.15, 0.2) is 6.29 Å². The van der Waals surface area contributed by atoms with Crippen molar-refractivity contribution < 1.29 is 9.90 Å². The number of phenolic OH excluding ortho intramolecular Hbond substituents is 1. The molecule has 19 heavy (non-hydrogen) atoms. The second-order valence-corrected chi connectivity index (χ2v) is 5.19. The Kier molecular flexibility index (Phi) is 7.95. The Morgan fingerprint density at radius 1 is 1.00 bits per heavy atom. The molecule has 106 valence electrons. The average Bonchev–Trinajstić information content (AvgIpc) is 2.42. The van der Waals surface area contributed by atoms with E-state index in [1.807, 2.05) is 12.1 Å². The van der Waals surface area contributed by atoms with Crippen LogP contribution >= 0.6 is 0 Å². The number of aldehydes is 1. The molecule has 0 fully saturated rings. The van der Waals surface area contributed by atoms with Crippen LogP contribution in [0, 0.1) is 0 Å². The van der Waals surface area contributed by atoms with Crippen LogP contribution in [0.4, 0.5) is 0 Å². The molecule has 2 nitrogen and oxygen atoms in total. The zero-order valence-electron chi connectivity index (χ0n) is 12.0. The van der Waals surface area contributed by atoms with Gasteiger partial charge in [0.25, 0.3) is 0 Å². The summed E-state index contributed by atoms with van der Waals surface area (Å²) in [5, 5.41) is 9.58. The SMILES string of the molecule is CCCCCCCCCCc1cccc(O)c1C=O. The van der Waals surface area contributed by atoms with Crippen LogP contribution in [0.15, 0.2) is 18.2 Å². The summed E-state index contributed by atoms with van der Waals surface area (Å²) in [7, 11) is 0. The van der Waals surface area contributed by atoms with Crippen LogP contribution in [-0.4, -0.2) is 11.4 Å². The Hall–Kier alpha value is -1.31. The zero-order chi connectivity index (χ0) is 13.9. The number of benzene rings is 1. The third kappa shape index (κ3) is 5.91. The highest BCUT2D eigenvalue weighted by atomic mass is 16.3. The van der Waals surface area contributed by atoms with E-state index < -0.39 is 0 Å². The van der Waals surface area contributed by atoms with E-state index in [-0.39, 0.29) is 5.75 Å². The molecule has 0 saturated carbocycles. The molecule has 1 N–H and O–H groups in total. The number of carbonyl (C=O) groups is 1. The number of hydrogen-bond donors (Lipinski definition) is 1. The molecule has 0 atom stereocenters. The lowest BCUT2D eigenvalue weighted by atomic mass is 10.00. The molecule has 0 aromatic heterocycles. The van der Waals surface area contributed by atoms with E-state index in [0.717, 1.165) is 24.7 Å². The van der Waals surface area contributed by atoms with Gasteiger partial charge in [-0.3, -0.25) is 4.79 Å². The highest BCUT2D eigenvalue weighted by molar-refractivity contribution is 5.81. The standard InChI is InChI=1S/C17H26O2/c1-2-3-4-5-6-7-8-9-11-15-12-10-13-17(19)16(15)14-18/h10,12-14,19H,2-9,11H2,1H3. The molecule has 0 saturated heterocycles. The molecule has 0 bridgehead atoms. The minimum absolute atomic E-state index is 0.104. The molecular weight excluding hydrogens is 236 g/mol. The largest absolute Gasteiger partial charge is 0.507 e. The average molecular weight is 262 g/mol. The first-order valence-corrected chi connectivity index (χ1v) is 7.55. The van der Waals surface area contributed by atoms with Crippen molar-refractivity contribution in [3.05, 3.63) is 29.3 Å². The molecule has 1 aromatic rings. The van der Waals surface area contributed by atoms with Crippen molar-refractivity contribution >= 4 is 6.29 Å². The summed E-state index contributed by atoms with van der Waals surface area (Å²) in [4.78, 5) is 10.9. The summed E-state index contributed by atoms with van der Waals surface area (Å²) < 4.78 is 0. The molecule has 1 aromatic carbocycles. The number of aromatic hydroxyl groups is 1. The number of carbonyl (C=O) groups excluding carboxylic acids is 1. The van der Waals surface area contributed by atoms with Gasteiger partial charge in [-0.15, -0.1) is 0 Å². The van der Waals surface area contributed by atoms with Gasteiger partial charge in [0, 0.05) is 0 Å². The molecule has 0 heterocycles. The first-order chi connectivity index (χ1) is 9.29. The van der Waals surface area contributed by atoms with E-state index >= 15 is 0 Å². The van der Waals surface area contributed by atoms with Crippen molar-refractivity contribution in [2.24, 2.45) is 0 Å². The minimum Gasteiger partial charge on any atom is -0.507 e. The monoisotopic (exact) mass is 262 g/mol. The molecule has 0 radical (unpaired) electrons. The highest BCUT2D eigenvalue weighted by Gasteiger charge is 2.05. The van der Waals surface area contributed by atoms with Crippen molar-refractivity contribution in [2.45, 2.75) is 64.7 Å². The van der Waals surface area contributed by atoms with Gasteiger partial charge >= 0.3 is 0 Å². The summed E-state index contributed by atoms with van der Waals surface area (Å²) in [6.45, 7) is 2.24. The van der Waals surface area contributed by atoms with Crippen LogP contribution in [0.2, 0.25) is 0 Å². The second kappa shape index (κ2) is 9.60. The van der Waals surface area contributed by atoms with E-state index in [1.165, 1.54) is 44.9 Å². The van der Waals surface area contributed by atoms with Crippen molar-refractivity contribution in [3.63, 3.8) is 0 Å². The Labute approximate surface area is 116 Å². The quantitative estimate of drug-likeness (QED) is 0.481. The van der Waals surface area contributed by atoms with Gasteiger partial charge in [-0.25, -0.2) is 0 Å². The van der Waals surface area contributed by atoms with Crippen LogP contribution < -0.4 is 0 Å². The molecule has 0 aliphatic rings. The fourth-order valence-electron chi connectivity index (χ4n) is 2.40. The zero-order valence-corrected chi connectivity index (χ0v) is 12.0. The third-order valence-corrected chi connectivity index (χ3v) is 3.59. The molecule has 0 aliphatic carbocycles. The molecular formula is C17H26O2. The van der Waals surface area contributed by atoms with Crippen molar-refractivity contribution in [1.29, 1.82) is 0 Å². The number of phenols is 1. The van der Waals surface area contributed by atoms with E-state index in [2.05, 4.69) is 6.92 Å². The second-order valence-electron chi connectivity index (χ2n) is 5.19. The van der Waals surface area contributed by atoms with E-state index in [0.29, 0.717) is 5.56 Å². The predicted octanol–water partition coefficient (Wildman–Crippen LogP) is 4.89. The maximum absolute atomic E-state index is 10.9. The topological polar surface area (TPSA) is 37.3 Å². The highest BCUT2D eigenvalue weighted by Crippen LogP contribution is 2.21. The summed E-state index contributed by atoms with van der Waals surface area (Å²) in [5.74, 6) is 0.104. The molecule has 0 aliphatic heterocycles. The van der Waals surface area contributed by atoms with Gasteiger partial charge in [0.1, 0.15) is 5.75 Å². The van der Waals surface area contributed by atoms with Gasteiger partial charge in [0.05, 0.1) is 5.56 Å². The Morgan fingerprint density at radius 3 is 2.26 bits per heavy atom. The Morgan fingerprint density at radius 2 is 1.63 bits per heavy atom. The van der Waals surface area contributed by atoms with Gasteiger partial charge < -0.3 is 5.11 Å². The maximum atomic E-state index is 10.9. The lowest BCUT2D eigenvalue weighted by Crippen LogP contribution is -1.93. The van der Waals surface area contributed by atoms with E-state index in [1.54, 1.807) is 6.07 Å². The van der Waals surface area contributed by atoms with Gasteiger partial charge in [-0.1, -0.05) is 64.0 Å². The van der Waals surface area contributed by atoms with E-state index in [4.69, 9.17) is 0 Å². The molecule has 0 amide bonds. The van der Waals surface area contributed by atoms with Gasteiger partial charge in [-0.05, 0) is 24.5 Å². The molecule has 0 unspecified atom stereocenters. The summed E-state index contributed by atoms with van der Waals surface area (Å²) in [6.07, 6.45) is 11.9. The van der Waals surface area contributed by atoms with Crippen LogP contribution in [0.5, 0.6) is 5.75 Å². The number of unbranched alkanes of at least 4 members (excludes halogenated alkanes) is 7. The minimum atomic E-state index is 0.104. The third-order valence-electron chi connectivity index (χ3n) is 3.59. The van der Waals surface area contributed by atoms with Gasteiger partial charge in [-0.2, -0.15) is 0 Å². The number of hydrogen-bond acceptors (Lipinski definition) is 2. The van der Waals surface area contributed by atoms with Crippen molar-refractivity contribution in [2.75, 3.05) is 0 Å². The smallest absolute Gasteiger partial charge is 0.154 e. The molecule has 0 spiro atoms. The van der Waals surface area contributed by atoms with Crippen molar-refractivity contribution in [1.82, 2.24) is 0 Å². The predicted molar refractivity (Wildman–Crippen MR) is 79.8 cm³/mol. The maximum Gasteiger partial charge on any atom is 0.154 e. The Bertz CT molecular complexity index is 372. The van der Waals surface area contributed by atoms with Crippen LogP contribution in [-0.2, 0) is 6.42 Å². The van der Waals surface area contributed by atoms with Crippen molar-refractivity contribution in [3.8, 4) is 5.75 Å². The van der Waals surface area contributed by atoms with E-state index in [9.17, 15) is 9.90 Å². The summed E-state index contributed by atoms with van der Waals surface area (Å²) >= 11 is 0. The van der Waals surface area contributed by atoms with Gasteiger partial charge in [0.2, 0.25) is 0 Å². The van der Waals surface area contributed by atoms with Crippen LogP contribution in [0.25, 0.3) is 0 Å². The first-order valence-electron chi connectivity index (χ1n) is 7.55. The summed E-state index contributed by atoms with van der Waals surface area (Å²) in [5.41, 5.74) is 1.44. The summed E-state index contributed by atoms with van der Waals surface area (Å²) in [6, 6.07) is 5.31. The lowest BCUT2D eigenvalue weighted by molar-refractivity contribution is 0.112. The Balaban J connectivity index is 2.19. The van der Waals surface area contributed by atoms with Crippen LogP contribution in [0.3, 0.4) is 0 Å². The molecule has 1 rings (SSSR count). The fraction of sp³-hybridized carbons (Fsp3) is 0.588. The number of aryl methyl sites for hydroxylation is 1. The lowest BCUT2D eigenvalue weighted by Gasteiger charge is -2.06. The molecule has 2 heteroatoms. The number of rotatable bonds is 10. The fourth-order valence-corrected chi connectivity index (χ4v) is 2.40. The normalized spacial score (nSPS) is 10.6. The van der Waals surface area contributed by atoms with Crippen LogP contribution in [0.1, 0.15) is 74.2 Å².